The number of halogens is 1. The first kappa shape index (κ1) is 20.0. The zero-order valence-electron chi connectivity index (χ0n) is 16.6. The second-order valence-corrected chi connectivity index (χ2v) is 8.17. The summed E-state index contributed by atoms with van der Waals surface area (Å²) in [6, 6.07) is 24.6. The molecule has 8 heteroatoms. The molecular formula is C24H16BrN3O4. The van der Waals surface area contributed by atoms with Crippen LogP contribution in [0.15, 0.2) is 93.8 Å². The normalized spacial score (nSPS) is 15.2. The van der Waals surface area contributed by atoms with Crippen LogP contribution >= 0.6 is 15.9 Å². The van der Waals surface area contributed by atoms with Gasteiger partial charge in [-0.05, 0) is 60.7 Å². The quantitative estimate of drug-likeness (QED) is 0.265. The smallest absolute Gasteiger partial charge is 0.269 e. The second kappa shape index (κ2) is 7.97. The highest BCUT2D eigenvalue weighted by Crippen LogP contribution is 2.38. The number of carbonyl (C=O) groups excluding carboxylic acids is 1. The lowest BCUT2D eigenvalue weighted by atomic mass is 10.1. The van der Waals surface area contributed by atoms with Crippen LogP contribution in [0.5, 0.6) is 0 Å². The molecule has 1 aliphatic rings. The molecule has 4 aromatic rings. The highest BCUT2D eigenvalue weighted by molar-refractivity contribution is 9.10. The van der Waals surface area contributed by atoms with E-state index < -0.39 is 11.1 Å². The van der Waals surface area contributed by atoms with Crippen LogP contribution in [-0.2, 0) is 0 Å². The molecule has 2 heterocycles. The Hall–Kier alpha value is -3.91. The van der Waals surface area contributed by atoms with Gasteiger partial charge < -0.3 is 9.73 Å². The molecule has 0 fully saturated rings. The molecule has 0 radical (unpaired) electrons. The number of anilines is 2. The molecule has 0 spiro atoms. The first-order chi connectivity index (χ1) is 15.5. The van der Waals surface area contributed by atoms with Crippen LogP contribution in [0.1, 0.15) is 22.3 Å². The zero-order chi connectivity index (χ0) is 22.2. The van der Waals surface area contributed by atoms with Crippen molar-refractivity contribution in [3.8, 4) is 11.3 Å². The zero-order valence-corrected chi connectivity index (χ0v) is 18.2. The number of fused-ring (bicyclic) bond motifs is 1. The summed E-state index contributed by atoms with van der Waals surface area (Å²) in [5.74, 6) is 0.961. The van der Waals surface area contributed by atoms with Crippen molar-refractivity contribution in [2.24, 2.45) is 0 Å². The Balaban J connectivity index is 1.55. The number of nitrogens with one attached hydrogen (secondary N) is 1. The third-order valence-electron chi connectivity index (χ3n) is 5.29. The van der Waals surface area contributed by atoms with Crippen LogP contribution in [0.4, 0.5) is 17.1 Å². The van der Waals surface area contributed by atoms with Gasteiger partial charge in [-0.25, -0.2) is 0 Å². The maximum absolute atomic E-state index is 13.4. The molecule has 1 aromatic heterocycles. The molecule has 32 heavy (non-hydrogen) atoms. The van der Waals surface area contributed by atoms with E-state index in [9.17, 15) is 14.9 Å². The van der Waals surface area contributed by atoms with Crippen molar-refractivity contribution in [3.05, 3.63) is 111 Å². The van der Waals surface area contributed by atoms with Crippen molar-refractivity contribution in [1.29, 1.82) is 0 Å². The SMILES string of the molecule is O=C1c2ccccc2N[C@@H](c2ccc(-c3ccc([N+](=O)[O-])cc3)o2)N1c1ccc(Br)cc1. The number of hydrogen-bond donors (Lipinski definition) is 1. The topological polar surface area (TPSA) is 88.6 Å². The van der Waals surface area contributed by atoms with Crippen molar-refractivity contribution in [2.45, 2.75) is 6.17 Å². The lowest BCUT2D eigenvalue weighted by Gasteiger charge is -2.36. The van der Waals surface area contributed by atoms with Gasteiger partial charge in [0, 0.05) is 33.5 Å². The highest BCUT2D eigenvalue weighted by atomic mass is 79.9. The number of amides is 1. The molecule has 0 aliphatic carbocycles. The van der Waals surface area contributed by atoms with Crippen LogP contribution in [-0.4, -0.2) is 10.8 Å². The van der Waals surface area contributed by atoms with E-state index in [0.717, 1.165) is 15.8 Å². The average Bonchev–Trinajstić information content (AvgIpc) is 3.30. The first-order valence-electron chi connectivity index (χ1n) is 9.80. The molecular weight excluding hydrogens is 474 g/mol. The molecule has 0 bridgehead atoms. The Labute approximate surface area is 191 Å². The minimum Gasteiger partial charge on any atom is -0.457 e. The molecule has 1 amide bonds. The second-order valence-electron chi connectivity index (χ2n) is 7.25. The Morgan fingerprint density at radius 2 is 1.66 bits per heavy atom. The van der Waals surface area contributed by atoms with Crippen LogP contribution in [0, 0.1) is 10.1 Å². The number of furan rings is 1. The molecule has 0 saturated carbocycles. The standard InChI is InChI=1S/C24H16BrN3O4/c25-16-7-11-17(12-8-16)27-23(26-20-4-2-1-3-19(20)24(27)29)22-14-13-21(32-22)15-5-9-18(10-6-15)28(30)31/h1-14,23,26H/t23-/m1/s1. The van der Waals surface area contributed by atoms with Gasteiger partial charge in [-0.1, -0.05) is 28.1 Å². The summed E-state index contributed by atoms with van der Waals surface area (Å²) in [7, 11) is 0. The van der Waals surface area contributed by atoms with Crippen molar-refractivity contribution in [1.82, 2.24) is 0 Å². The van der Waals surface area contributed by atoms with Crippen molar-refractivity contribution in [3.63, 3.8) is 0 Å². The lowest BCUT2D eigenvalue weighted by molar-refractivity contribution is -0.384. The maximum atomic E-state index is 13.4. The Bertz CT molecular complexity index is 1320. The van der Waals surface area contributed by atoms with E-state index in [-0.39, 0.29) is 11.6 Å². The number of nitro benzene ring substituents is 1. The van der Waals surface area contributed by atoms with Gasteiger partial charge >= 0.3 is 0 Å². The number of para-hydroxylation sites is 1. The monoisotopic (exact) mass is 489 g/mol. The van der Waals surface area contributed by atoms with Gasteiger partial charge in [0.25, 0.3) is 11.6 Å². The molecule has 3 aromatic carbocycles. The van der Waals surface area contributed by atoms with E-state index >= 15 is 0 Å². The van der Waals surface area contributed by atoms with Crippen molar-refractivity contribution in [2.75, 3.05) is 10.2 Å². The number of nitrogens with zero attached hydrogens (tertiary/aromatic N) is 2. The Kier molecular flexibility index (Phi) is 4.99. The number of carbonyl (C=O) groups is 1. The molecule has 5 rings (SSSR count). The molecule has 1 N–H and O–H groups in total. The minimum atomic E-state index is -0.564. The molecule has 1 aliphatic heterocycles. The fourth-order valence-corrected chi connectivity index (χ4v) is 3.99. The lowest BCUT2D eigenvalue weighted by Crippen LogP contribution is -2.43. The van der Waals surface area contributed by atoms with Crippen LogP contribution in [0.2, 0.25) is 0 Å². The van der Waals surface area contributed by atoms with E-state index in [4.69, 9.17) is 4.42 Å². The number of rotatable bonds is 4. The van der Waals surface area contributed by atoms with Gasteiger partial charge in [0.1, 0.15) is 11.5 Å². The highest BCUT2D eigenvalue weighted by Gasteiger charge is 2.35. The summed E-state index contributed by atoms with van der Waals surface area (Å²) in [6.45, 7) is 0. The summed E-state index contributed by atoms with van der Waals surface area (Å²) in [4.78, 5) is 25.6. The van der Waals surface area contributed by atoms with Crippen LogP contribution in [0.3, 0.4) is 0 Å². The molecule has 0 unspecified atom stereocenters. The van der Waals surface area contributed by atoms with Gasteiger partial charge in [-0.15, -0.1) is 0 Å². The molecule has 7 nitrogen and oxygen atoms in total. The van der Waals surface area contributed by atoms with Gasteiger partial charge in [-0.2, -0.15) is 0 Å². The van der Waals surface area contributed by atoms with Crippen molar-refractivity contribution < 1.29 is 14.1 Å². The number of nitro groups is 1. The predicted molar refractivity (Wildman–Crippen MR) is 125 cm³/mol. The molecule has 158 valence electrons. The van der Waals surface area contributed by atoms with E-state index in [0.29, 0.717) is 22.6 Å². The van der Waals surface area contributed by atoms with Gasteiger partial charge in [0.2, 0.25) is 0 Å². The first-order valence-corrected chi connectivity index (χ1v) is 10.6. The summed E-state index contributed by atoms with van der Waals surface area (Å²) >= 11 is 3.43. The van der Waals surface area contributed by atoms with E-state index in [1.165, 1.54) is 12.1 Å². The van der Waals surface area contributed by atoms with Crippen LogP contribution < -0.4 is 10.2 Å². The van der Waals surface area contributed by atoms with E-state index in [1.54, 1.807) is 29.2 Å². The fourth-order valence-electron chi connectivity index (χ4n) is 3.72. The van der Waals surface area contributed by atoms with Crippen LogP contribution in [0.25, 0.3) is 11.3 Å². The minimum absolute atomic E-state index is 0.0121. The third kappa shape index (κ3) is 3.54. The summed E-state index contributed by atoms with van der Waals surface area (Å²) in [5.41, 5.74) is 2.74. The average molecular weight is 490 g/mol. The third-order valence-corrected chi connectivity index (χ3v) is 5.82. The number of hydrogen-bond acceptors (Lipinski definition) is 5. The molecule has 0 saturated heterocycles. The summed E-state index contributed by atoms with van der Waals surface area (Å²) in [6.07, 6.45) is -0.564. The Morgan fingerprint density at radius 1 is 0.938 bits per heavy atom. The predicted octanol–water partition coefficient (Wildman–Crippen LogP) is 6.39. The van der Waals surface area contributed by atoms with Crippen molar-refractivity contribution >= 4 is 38.9 Å². The summed E-state index contributed by atoms with van der Waals surface area (Å²) in [5, 5.41) is 14.3. The largest absolute Gasteiger partial charge is 0.457 e. The number of non-ortho nitro benzene ring substituents is 1. The molecule has 1 atom stereocenters. The van der Waals surface area contributed by atoms with Gasteiger partial charge in [0.05, 0.1) is 10.5 Å². The Morgan fingerprint density at radius 3 is 2.38 bits per heavy atom. The summed E-state index contributed by atoms with van der Waals surface area (Å²) < 4.78 is 7.02. The maximum Gasteiger partial charge on any atom is 0.269 e. The fraction of sp³-hybridized carbons (Fsp3) is 0.0417. The van der Waals surface area contributed by atoms with E-state index in [1.807, 2.05) is 48.5 Å². The van der Waals surface area contributed by atoms with Gasteiger partial charge in [0.15, 0.2) is 6.17 Å². The van der Waals surface area contributed by atoms with E-state index in [2.05, 4.69) is 21.2 Å². The number of benzene rings is 3. The van der Waals surface area contributed by atoms with Gasteiger partial charge in [-0.3, -0.25) is 19.8 Å².